The zero-order valence-electron chi connectivity index (χ0n) is 8.52. The number of rotatable bonds is 0. The maximum Gasteiger partial charge on any atom is 0.0632 e. The van der Waals surface area contributed by atoms with Crippen molar-refractivity contribution >= 4 is 5.71 Å². The van der Waals surface area contributed by atoms with Gasteiger partial charge in [0, 0.05) is 5.41 Å². The summed E-state index contributed by atoms with van der Waals surface area (Å²) >= 11 is 0. The number of hydrogen-bond acceptors (Lipinski definition) is 2. The second-order valence-electron chi connectivity index (χ2n) is 4.91. The van der Waals surface area contributed by atoms with E-state index in [4.69, 9.17) is 5.21 Å². The molecule has 2 nitrogen and oxygen atoms in total. The Labute approximate surface area is 74.7 Å². The molecule has 0 aliphatic heterocycles. The van der Waals surface area contributed by atoms with Crippen molar-refractivity contribution in [3.63, 3.8) is 0 Å². The van der Waals surface area contributed by atoms with Crippen LogP contribution in [0.15, 0.2) is 5.16 Å². The van der Waals surface area contributed by atoms with Crippen LogP contribution in [0.1, 0.15) is 47.0 Å². The van der Waals surface area contributed by atoms with E-state index in [9.17, 15) is 0 Å². The lowest BCUT2D eigenvalue weighted by Gasteiger charge is -2.45. The largest absolute Gasteiger partial charge is 0.411 e. The Morgan fingerprint density at radius 1 is 1.25 bits per heavy atom. The van der Waals surface area contributed by atoms with Crippen LogP contribution in [0.25, 0.3) is 0 Å². The molecule has 0 atom stereocenters. The van der Waals surface area contributed by atoms with Gasteiger partial charge in [0.05, 0.1) is 5.71 Å². The third-order valence-electron chi connectivity index (χ3n) is 3.75. The van der Waals surface area contributed by atoms with Gasteiger partial charge < -0.3 is 5.21 Å². The van der Waals surface area contributed by atoms with Gasteiger partial charge in [-0.2, -0.15) is 0 Å². The average Bonchev–Trinajstić information content (AvgIpc) is 1.95. The molecule has 0 aromatic heterocycles. The average molecular weight is 169 g/mol. The molecule has 0 unspecified atom stereocenters. The van der Waals surface area contributed by atoms with Crippen LogP contribution in [0.2, 0.25) is 0 Å². The first-order valence-electron chi connectivity index (χ1n) is 4.63. The molecule has 1 rings (SSSR count). The first-order valence-corrected chi connectivity index (χ1v) is 4.63. The molecule has 1 N–H and O–H groups in total. The Kier molecular flexibility index (Phi) is 2.19. The van der Waals surface area contributed by atoms with Crippen LogP contribution in [0, 0.1) is 10.8 Å². The van der Waals surface area contributed by atoms with Gasteiger partial charge in [0.15, 0.2) is 0 Å². The van der Waals surface area contributed by atoms with E-state index < -0.39 is 0 Å². The molecule has 1 aliphatic rings. The lowest BCUT2D eigenvalue weighted by Crippen LogP contribution is -2.43. The van der Waals surface area contributed by atoms with Gasteiger partial charge in [-0.15, -0.1) is 0 Å². The van der Waals surface area contributed by atoms with Crippen LogP contribution in [0.5, 0.6) is 0 Å². The lowest BCUT2D eigenvalue weighted by atomic mass is 9.59. The minimum atomic E-state index is 0.0417. The Bertz CT molecular complexity index is 204. The molecule has 1 aliphatic carbocycles. The predicted molar refractivity (Wildman–Crippen MR) is 50.6 cm³/mol. The van der Waals surface area contributed by atoms with E-state index in [1.807, 2.05) is 0 Å². The van der Waals surface area contributed by atoms with Crippen LogP contribution in [-0.2, 0) is 0 Å². The summed E-state index contributed by atoms with van der Waals surface area (Å²) in [5.41, 5.74) is 1.26. The maximum atomic E-state index is 8.85. The first-order chi connectivity index (χ1) is 5.42. The number of oxime groups is 1. The highest BCUT2D eigenvalue weighted by atomic mass is 16.4. The standard InChI is InChI=1S/C10H19NO/c1-9(2)7-5-6-8(11-12)10(9,3)4/h12H,5-7H2,1-4H3. The third-order valence-corrected chi connectivity index (χ3v) is 3.75. The summed E-state index contributed by atoms with van der Waals surface area (Å²) in [5, 5.41) is 12.3. The highest BCUT2D eigenvalue weighted by molar-refractivity contribution is 5.90. The zero-order valence-corrected chi connectivity index (χ0v) is 8.52. The smallest absolute Gasteiger partial charge is 0.0632 e. The summed E-state index contributed by atoms with van der Waals surface area (Å²) in [6.45, 7) is 8.83. The van der Waals surface area contributed by atoms with E-state index in [2.05, 4.69) is 32.9 Å². The fourth-order valence-corrected chi connectivity index (χ4v) is 1.89. The van der Waals surface area contributed by atoms with E-state index in [1.165, 1.54) is 6.42 Å². The molecule has 0 heterocycles. The maximum absolute atomic E-state index is 8.85. The molecule has 0 radical (unpaired) electrons. The van der Waals surface area contributed by atoms with Crippen LogP contribution in [-0.4, -0.2) is 10.9 Å². The SMILES string of the molecule is CC1(C)CCCC(=NO)C1(C)C. The molecule has 0 spiro atoms. The van der Waals surface area contributed by atoms with Gasteiger partial charge in [-0.3, -0.25) is 0 Å². The highest BCUT2D eigenvalue weighted by Gasteiger charge is 2.43. The second-order valence-corrected chi connectivity index (χ2v) is 4.91. The van der Waals surface area contributed by atoms with Gasteiger partial charge in [-0.05, 0) is 24.7 Å². The van der Waals surface area contributed by atoms with E-state index in [0.717, 1.165) is 18.6 Å². The van der Waals surface area contributed by atoms with Gasteiger partial charge in [-0.25, -0.2) is 0 Å². The number of nitrogens with zero attached hydrogens (tertiary/aromatic N) is 1. The van der Waals surface area contributed by atoms with Crippen LogP contribution < -0.4 is 0 Å². The lowest BCUT2D eigenvalue weighted by molar-refractivity contribution is 0.141. The predicted octanol–water partition coefficient (Wildman–Crippen LogP) is 3.05. The molecule has 70 valence electrons. The summed E-state index contributed by atoms with van der Waals surface area (Å²) in [7, 11) is 0. The molecular weight excluding hydrogens is 150 g/mol. The minimum absolute atomic E-state index is 0.0417. The van der Waals surface area contributed by atoms with Gasteiger partial charge in [0.1, 0.15) is 0 Å². The van der Waals surface area contributed by atoms with E-state index in [0.29, 0.717) is 0 Å². The molecule has 0 saturated heterocycles. The normalized spacial score (nSPS) is 30.5. The summed E-state index contributed by atoms with van der Waals surface area (Å²) < 4.78 is 0. The van der Waals surface area contributed by atoms with Crippen molar-refractivity contribution in [1.29, 1.82) is 0 Å². The highest BCUT2D eigenvalue weighted by Crippen LogP contribution is 2.47. The Hall–Kier alpha value is -0.530. The Morgan fingerprint density at radius 3 is 2.25 bits per heavy atom. The van der Waals surface area contributed by atoms with Gasteiger partial charge in [0.2, 0.25) is 0 Å². The van der Waals surface area contributed by atoms with Crippen molar-refractivity contribution in [2.75, 3.05) is 0 Å². The Morgan fingerprint density at radius 2 is 1.83 bits per heavy atom. The topological polar surface area (TPSA) is 32.6 Å². The quantitative estimate of drug-likeness (QED) is 0.438. The fourth-order valence-electron chi connectivity index (χ4n) is 1.89. The molecule has 0 aromatic carbocycles. The van der Waals surface area contributed by atoms with E-state index >= 15 is 0 Å². The minimum Gasteiger partial charge on any atom is -0.411 e. The zero-order chi connectivity index (χ0) is 9.41. The molecular formula is C10H19NO. The molecule has 1 saturated carbocycles. The fraction of sp³-hybridized carbons (Fsp3) is 0.900. The van der Waals surface area contributed by atoms with Gasteiger partial charge in [-0.1, -0.05) is 32.9 Å². The van der Waals surface area contributed by atoms with Crippen molar-refractivity contribution in [3.8, 4) is 0 Å². The summed E-state index contributed by atoms with van der Waals surface area (Å²) in [6, 6.07) is 0. The second kappa shape index (κ2) is 2.75. The molecule has 1 fully saturated rings. The van der Waals surface area contributed by atoms with Gasteiger partial charge in [0.25, 0.3) is 0 Å². The third kappa shape index (κ3) is 1.23. The molecule has 0 aromatic rings. The molecule has 0 amide bonds. The summed E-state index contributed by atoms with van der Waals surface area (Å²) in [6.07, 6.45) is 3.32. The van der Waals surface area contributed by atoms with Crippen molar-refractivity contribution < 1.29 is 5.21 Å². The van der Waals surface area contributed by atoms with Gasteiger partial charge >= 0.3 is 0 Å². The van der Waals surface area contributed by atoms with E-state index in [1.54, 1.807) is 0 Å². The molecule has 12 heavy (non-hydrogen) atoms. The number of hydrogen-bond donors (Lipinski definition) is 1. The summed E-state index contributed by atoms with van der Waals surface area (Å²) in [5.74, 6) is 0. The molecule has 0 bridgehead atoms. The van der Waals surface area contributed by atoms with Crippen LogP contribution >= 0.6 is 0 Å². The van der Waals surface area contributed by atoms with Crippen molar-refractivity contribution in [2.45, 2.75) is 47.0 Å². The monoisotopic (exact) mass is 169 g/mol. The van der Waals surface area contributed by atoms with Crippen molar-refractivity contribution in [1.82, 2.24) is 0 Å². The summed E-state index contributed by atoms with van der Waals surface area (Å²) in [4.78, 5) is 0. The first kappa shape index (κ1) is 9.56. The Balaban J connectivity index is 2.98. The van der Waals surface area contributed by atoms with Crippen LogP contribution in [0.4, 0.5) is 0 Å². The molecule has 2 heteroatoms. The van der Waals surface area contributed by atoms with Crippen molar-refractivity contribution in [2.24, 2.45) is 16.0 Å². The van der Waals surface area contributed by atoms with Crippen molar-refractivity contribution in [3.05, 3.63) is 0 Å². The van der Waals surface area contributed by atoms with Crippen LogP contribution in [0.3, 0.4) is 0 Å². The van der Waals surface area contributed by atoms with E-state index in [-0.39, 0.29) is 10.8 Å².